The smallest absolute Gasteiger partial charge is 0.341 e. The van der Waals surface area contributed by atoms with E-state index in [2.05, 4.69) is 30.6 Å². The van der Waals surface area contributed by atoms with Gasteiger partial charge in [0.2, 0.25) is 0 Å². The summed E-state index contributed by atoms with van der Waals surface area (Å²) in [6, 6.07) is 0. The van der Waals surface area contributed by atoms with Gasteiger partial charge in [0.05, 0.1) is 18.0 Å². The summed E-state index contributed by atoms with van der Waals surface area (Å²) < 4.78 is 4.48. The SMILES string of the molecule is COC(=O)c1cnc(CBr)nc1. The standard InChI is InChI=1S/C7H7BrN2O2/c1-12-7(11)5-3-9-6(2-8)10-4-5/h3-4H,2H2,1H3. The fraction of sp³-hybridized carbons (Fsp3) is 0.286. The van der Waals surface area contributed by atoms with Crippen LogP contribution in [0.15, 0.2) is 12.4 Å². The van der Waals surface area contributed by atoms with Crippen molar-refractivity contribution in [3.8, 4) is 0 Å². The van der Waals surface area contributed by atoms with Crippen molar-refractivity contribution in [3.63, 3.8) is 0 Å². The third-order valence-corrected chi connectivity index (χ3v) is 1.75. The van der Waals surface area contributed by atoms with Gasteiger partial charge in [-0.05, 0) is 0 Å². The molecule has 1 aromatic heterocycles. The van der Waals surface area contributed by atoms with Crippen LogP contribution in [0.3, 0.4) is 0 Å². The maximum atomic E-state index is 10.9. The van der Waals surface area contributed by atoms with Crippen molar-refractivity contribution >= 4 is 21.9 Å². The van der Waals surface area contributed by atoms with E-state index in [1.807, 2.05) is 0 Å². The third-order valence-electron chi connectivity index (χ3n) is 1.25. The van der Waals surface area contributed by atoms with Crippen molar-refractivity contribution in [3.05, 3.63) is 23.8 Å². The molecule has 0 unspecified atom stereocenters. The summed E-state index contributed by atoms with van der Waals surface area (Å²) in [6.45, 7) is 0. The van der Waals surface area contributed by atoms with Crippen LogP contribution in [0.1, 0.15) is 16.2 Å². The van der Waals surface area contributed by atoms with E-state index in [4.69, 9.17) is 0 Å². The van der Waals surface area contributed by atoms with E-state index in [1.54, 1.807) is 0 Å². The highest BCUT2D eigenvalue weighted by Crippen LogP contribution is 2.00. The van der Waals surface area contributed by atoms with Gasteiger partial charge in [0, 0.05) is 12.4 Å². The highest BCUT2D eigenvalue weighted by Gasteiger charge is 2.05. The predicted molar refractivity (Wildman–Crippen MR) is 46.0 cm³/mol. The Morgan fingerprint density at radius 1 is 1.58 bits per heavy atom. The van der Waals surface area contributed by atoms with Gasteiger partial charge < -0.3 is 4.74 Å². The van der Waals surface area contributed by atoms with Gasteiger partial charge in [-0.15, -0.1) is 0 Å². The lowest BCUT2D eigenvalue weighted by Gasteiger charge is -1.97. The van der Waals surface area contributed by atoms with Crippen LogP contribution in [0, 0.1) is 0 Å². The summed E-state index contributed by atoms with van der Waals surface area (Å²) >= 11 is 3.19. The van der Waals surface area contributed by atoms with Crippen molar-refractivity contribution in [1.82, 2.24) is 9.97 Å². The molecule has 1 rings (SSSR count). The highest BCUT2D eigenvalue weighted by molar-refractivity contribution is 9.08. The number of aromatic nitrogens is 2. The van der Waals surface area contributed by atoms with Gasteiger partial charge in [-0.3, -0.25) is 0 Å². The Labute approximate surface area is 78.1 Å². The van der Waals surface area contributed by atoms with Gasteiger partial charge >= 0.3 is 5.97 Å². The lowest BCUT2D eigenvalue weighted by Crippen LogP contribution is -2.03. The Kier molecular flexibility index (Phi) is 3.16. The zero-order valence-corrected chi connectivity index (χ0v) is 8.04. The molecule has 0 N–H and O–H groups in total. The molecule has 0 saturated heterocycles. The minimum atomic E-state index is -0.420. The first-order valence-electron chi connectivity index (χ1n) is 3.23. The lowest BCUT2D eigenvalue weighted by atomic mass is 10.3. The number of carbonyl (C=O) groups is 1. The number of nitrogens with zero attached hydrogens (tertiary/aromatic N) is 2. The molecule has 1 aromatic rings. The van der Waals surface area contributed by atoms with Crippen molar-refractivity contribution < 1.29 is 9.53 Å². The van der Waals surface area contributed by atoms with Crippen molar-refractivity contribution in [2.24, 2.45) is 0 Å². The molecule has 0 amide bonds. The number of methoxy groups -OCH3 is 1. The van der Waals surface area contributed by atoms with Crippen molar-refractivity contribution in [2.45, 2.75) is 5.33 Å². The van der Waals surface area contributed by atoms with Crippen LogP contribution in [0.4, 0.5) is 0 Å². The monoisotopic (exact) mass is 230 g/mol. The molecular formula is C7H7BrN2O2. The van der Waals surface area contributed by atoms with Crippen LogP contribution in [-0.4, -0.2) is 23.0 Å². The molecule has 0 aromatic carbocycles. The molecule has 64 valence electrons. The molecule has 0 aliphatic carbocycles. The van der Waals surface area contributed by atoms with Gasteiger partial charge in [-0.1, -0.05) is 15.9 Å². The Morgan fingerprint density at radius 2 is 2.17 bits per heavy atom. The number of hydrogen-bond donors (Lipinski definition) is 0. The second-order valence-corrected chi connectivity index (χ2v) is 2.57. The zero-order valence-electron chi connectivity index (χ0n) is 6.45. The zero-order chi connectivity index (χ0) is 8.97. The topological polar surface area (TPSA) is 52.1 Å². The largest absolute Gasteiger partial charge is 0.465 e. The molecule has 4 nitrogen and oxygen atoms in total. The van der Waals surface area contributed by atoms with E-state index in [-0.39, 0.29) is 0 Å². The normalized spacial score (nSPS) is 9.50. The lowest BCUT2D eigenvalue weighted by molar-refractivity contribution is 0.0599. The van der Waals surface area contributed by atoms with E-state index < -0.39 is 5.97 Å². The van der Waals surface area contributed by atoms with E-state index in [1.165, 1.54) is 19.5 Å². The van der Waals surface area contributed by atoms with E-state index >= 15 is 0 Å². The van der Waals surface area contributed by atoms with Crippen LogP contribution in [-0.2, 0) is 10.1 Å². The van der Waals surface area contributed by atoms with Crippen LogP contribution in [0.5, 0.6) is 0 Å². The second-order valence-electron chi connectivity index (χ2n) is 2.01. The van der Waals surface area contributed by atoms with Crippen LogP contribution >= 0.6 is 15.9 Å². The minimum Gasteiger partial charge on any atom is -0.465 e. The Hall–Kier alpha value is -0.970. The number of ether oxygens (including phenoxy) is 1. The maximum absolute atomic E-state index is 10.9. The summed E-state index contributed by atoms with van der Waals surface area (Å²) in [4.78, 5) is 18.7. The van der Waals surface area contributed by atoms with Crippen LogP contribution in [0.2, 0.25) is 0 Å². The molecule has 0 bridgehead atoms. The minimum absolute atomic E-state index is 0.363. The summed E-state index contributed by atoms with van der Waals surface area (Å²) in [5.74, 6) is 0.221. The van der Waals surface area contributed by atoms with Crippen molar-refractivity contribution in [1.29, 1.82) is 0 Å². The average Bonchev–Trinajstić information content (AvgIpc) is 2.17. The third kappa shape index (κ3) is 2.01. The average molecular weight is 231 g/mol. The molecule has 0 saturated carbocycles. The van der Waals surface area contributed by atoms with E-state index in [0.717, 1.165) is 0 Å². The predicted octanol–water partition coefficient (Wildman–Crippen LogP) is 1.16. The van der Waals surface area contributed by atoms with Gasteiger partial charge in [0.1, 0.15) is 5.82 Å². The number of carbonyl (C=O) groups excluding carboxylic acids is 1. The summed E-state index contributed by atoms with van der Waals surface area (Å²) in [6.07, 6.45) is 2.88. The van der Waals surface area contributed by atoms with E-state index in [9.17, 15) is 4.79 Å². The molecule has 0 aliphatic heterocycles. The first-order valence-corrected chi connectivity index (χ1v) is 4.35. The summed E-state index contributed by atoms with van der Waals surface area (Å²) in [5.41, 5.74) is 0.363. The second kappa shape index (κ2) is 4.15. The van der Waals surface area contributed by atoms with Crippen LogP contribution < -0.4 is 0 Å². The Bertz CT molecular complexity index is 273. The highest BCUT2D eigenvalue weighted by atomic mass is 79.9. The quantitative estimate of drug-likeness (QED) is 0.566. The van der Waals surface area contributed by atoms with Crippen LogP contribution in [0.25, 0.3) is 0 Å². The fourth-order valence-corrected chi connectivity index (χ4v) is 0.937. The molecule has 1 heterocycles. The summed E-state index contributed by atoms with van der Waals surface area (Å²) in [5, 5.41) is 0.578. The number of esters is 1. The van der Waals surface area contributed by atoms with Crippen molar-refractivity contribution in [2.75, 3.05) is 7.11 Å². The molecule has 0 aliphatic rings. The van der Waals surface area contributed by atoms with Gasteiger partial charge in [0.15, 0.2) is 0 Å². The molecule has 5 heteroatoms. The Balaban J connectivity index is 2.84. The molecule has 0 radical (unpaired) electrons. The molecule has 0 spiro atoms. The first kappa shape index (κ1) is 9.12. The van der Waals surface area contributed by atoms with Gasteiger partial charge in [-0.25, -0.2) is 14.8 Å². The van der Waals surface area contributed by atoms with E-state index in [0.29, 0.717) is 16.7 Å². The molecule has 0 atom stereocenters. The molecule has 0 fully saturated rings. The molecule has 12 heavy (non-hydrogen) atoms. The number of alkyl halides is 1. The first-order chi connectivity index (χ1) is 5.77. The number of hydrogen-bond acceptors (Lipinski definition) is 4. The van der Waals surface area contributed by atoms with Gasteiger partial charge in [0.25, 0.3) is 0 Å². The maximum Gasteiger partial charge on any atom is 0.341 e. The number of rotatable bonds is 2. The fourth-order valence-electron chi connectivity index (χ4n) is 0.647. The molecular weight excluding hydrogens is 224 g/mol. The van der Waals surface area contributed by atoms with Gasteiger partial charge in [-0.2, -0.15) is 0 Å². The Morgan fingerprint density at radius 3 is 2.58 bits per heavy atom. The number of halogens is 1. The summed E-state index contributed by atoms with van der Waals surface area (Å²) in [7, 11) is 1.32.